The highest BCUT2D eigenvalue weighted by Gasteiger charge is 2.24. The monoisotopic (exact) mass is 273 g/mol. The summed E-state index contributed by atoms with van der Waals surface area (Å²) in [6.45, 7) is 0.467. The maximum Gasteiger partial charge on any atom is 0.197 e. The Bertz CT molecular complexity index is 584. The molecule has 1 aromatic carbocycles. The molecule has 3 rings (SSSR count). The smallest absolute Gasteiger partial charge is 0.197 e. The van der Waals surface area contributed by atoms with Crippen LogP contribution in [0.3, 0.4) is 0 Å². The minimum absolute atomic E-state index is 0.216. The summed E-state index contributed by atoms with van der Waals surface area (Å²) in [6.07, 6.45) is 3.85. The van der Waals surface area contributed by atoms with E-state index < -0.39 is 0 Å². The second-order valence-corrected chi connectivity index (χ2v) is 5.25. The normalized spacial score (nSPS) is 14.1. The summed E-state index contributed by atoms with van der Waals surface area (Å²) in [4.78, 5) is 0. The number of methoxy groups -OCH3 is 1. The van der Waals surface area contributed by atoms with Crippen molar-refractivity contribution < 1.29 is 14.9 Å². The van der Waals surface area contributed by atoms with Crippen molar-refractivity contribution in [2.24, 2.45) is 0 Å². The Balaban J connectivity index is 1.92. The molecule has 1 aliphatic carbocycles. The SMILES string of the molecule is COc1ccc(Cn2c(O)c3c(c2O)CCCC3)cc1. The van der Waals surface area contributed by atoms with E-state index in [4.69, 9.17) is 4.74 Å². The van der Waals surface area contributed by atoms with Gasteiger partial charge in [0, 0.05) is 11.1 Å². The maximum absolute atomic E-state index is 10.3. The summed E-state index contributed by atoms with van der Waals surface area (Å²) in [5, 5.41) is 20.6. The first kappa shape index (κ1) is 12.9. The Morgan fingerprint density at radius 3 is 2.05 bits per heavy atom. The molecule has 0 fully saturated rings. The van der Waals surface area contributed by atoms with Gasteiger partial charge in [-0.05, 0) is 43.4 Å². The van der Waals surface area contributed by atoms with Crippen LogP contribution >= 0.6 is 0 Å². The molecule has 0 unspecified atom stereocenters. The maximum atomic E-state index is 10.3. The molecule has 0 amide bonds. The zero-order chi connectivity index (χ0) is 14.1. The number of fused-ring (bicyclic) bond motifs is 1. The van der Waals surface area contributed by atoms with Crippen LogP contribution in [0.2, 0.25) is 0 Å². The number of hydrogen-bond acceptors (Lipinski definition) is 3. The molecule has 0 saturated heterocycles. The Morgan fingerprint density at radius 2 is 1.55 bits per heavy atom. The topological polar surface area (TPSA) is 54.6 Å². The molecular weight excluding hydrogens is 254 g/mol. The fourth-order valence-electron chi connectivity index (χ4n) is 2.89. The largest absolute Gasteiger partial charge is 0.497 e. The first-order chi connectivity index (χ1) is 9.70. The van der Waals surface area contributed by atoms with Gasteiger partial charge in [-0.25, -0.2) is 0 Å². The fraction of sp³-hybridized carbons (Fsp3) is 0.375. The molecule has 0 spiro atoms. The first-order valence-electron chi connectivity index (χ1n) is 6.96. The van der Waals surface area contributed by atoms with Crippen molar-refractivity contribution in [2.75, 3.05) is 7.11 Å². The Morgan fingerprint density at radius 1 is 1.00 bits per heavy atom. The number of benzene rings is 1. The molecule has 2 aromatic rings. The molecular formula is C16H19NO3. The van der Waals surface area contributed by atoms with Crippen LogP contribution in [0.1, 0.15) is 29.5 Å². The van der Waals surface area contributed by atoms with Gasteiger partial charge in [0.15, 0.2) is 11.8 Å². The third-order valence-electron chi connectivity index (χ3n) is 4.02. The van der Waals surface area contributed by atoms with Crippen LogP contribution in [0.5, 0.6) is 17.5 Å². The van der Waals surface area contributed by atoms with Crippen molar-refractivity contribution in [3.05, 3.63) is 41.0 Å². The molecule has 4 heteroatoms. The third kappa shape index (κ3) is 2.11. The molecule has 1 aromatic heterocycles. The van der Waals surface area contributed by atoms with Crippen LogP contribution in [0.15, 0.2) is 24.3 Å². The highest BCUT2D eigenvalue weighted by molar-refractivity contribution is 5.47. The van der Waals surface area contributed by atoms with Crippen molar-refractivity contribution in [1.29, 1.82) is 0 Å². The lowest BCUT2D eigenvalue weighted by Gasteiger charge is -2.09. The number of ether oxygens (including phenoxy) is 1. The first-order valence-corrected chi connectivity index (χ1v) is 6.96. The average Bonchev–Trinajstić information content (AvgIpc) is 2.74. The van der Waals surface area contributed by atoms with Crippen LogP contribution in [-0.4, -0.2) is 21.9 Å². The third-order valence-corrected chi connectivity index (χ3v) is 4.02. The van der Waals surface area contributed by atoms with E-state index in [9.17, 15) is 10.2 Å². The molecule has 0 bridgehead atoms. The van der Waals surface area contributed by atoms with Gasteiger partial charge in [0.25, 0.3) is 0 Å². The van der Waals surface area contributed by atoms with Crippen molar-refractivity contribution in [1.82, 2.24) is 4.57 Å². The predicted molar refractivity (Wildman–Crippen MR) is 76.5 cm³/mol. The van der Waals surface area contributed by atoms with Crippen LogP contribution < -0.4 is 4.74 Å². The van der Waals surface area contributed by atoms with E-state index in [1.165, 1.54) is 0 Å². The molecule has 0 radical (unpaired) electrons. The molecule has 1 heterocycles. The van der Waals surface area contributed by atoms with Gasteiger partial charge in [0.2, 0.25) is 0 Å². The van der Waals surface area contributed by atoms with Crippen molar-refractivity contribution in [3.63, 3.8) is 0 Å². The molecule has 2 N–H and O–H groups in total. The Labute approximate surface area is 118 Å². The van der Waals surface area contributed by atoms with Gasteiger partial charge in [-0.2, -0.15) is 0 Å². The van der Waals surface area contributed by atoms with Gasteiger partial charge in [0.1, 0.15) is 5.75 Å². The van der Waals surface area contributed by atoms with E-state index in [-0.39, 0.29) is 11.8 Å². The van der Waals surface area contributed by atoms with Gasteiger partial charge < -0.3 is 14.9 Å². The minimum atomic E-state index is 0.216. The van der Waals surface area contributed by atoms with Crippen molar-refractivity contribution in [2.45, 2.75) is 32.2 Å². The van der Waals surface area contributed by atoms with Gasteiger partial charge >= 0.3 is 0 Å². The number of aromatic nitrogens is 1. The fourth-order valence-corrected chi connectivity index (χ4v) is 2.89. The summed E-state index contributed by atoms with van der Waals surface area (Å²) in [5.41, 5.74) is 2.85. The van der Waals surface area contributed by atoms with Gasteiger partial charge in [-0.3, -0.25) is 4.57 Å². The van der Waals surface area contributed by atoms with Crippen molar-refractivity contribution in [3.8, 4) is 17.5 Å². The van der Waals surface area contributed by atoms with E-state index in [0.717, 1.165) is 48.1 Å². The number of aromatic hydroxyl groups is 2. The number of nitrogens with zero attached hydrogens (tertiary/aromatic N) is 1. The Hall–Kier alpha value is -2.10. The van der Waals surface area contributed by atoms with Crippen LogP contribution in [-0.2, 0) is 19.4 Å². The van der Waals surface area contributed by atoms with E-state index in [1.807, 2.05) is 24.3 Å². The standard InChI is InChI=1S/C16H19NO3/c1-20-12-8-6-11(7-9-12)10-17-15(18)13-4-2-3-5-14(13)16(17)19/h6-9,18-19H,2-5,10H2,1H3. The van der Waals surface area contributed by atoms with E-state index >= 15 is 0 Å². The van der Waals surface area contributed by atoms with Crippen molar-refractivity contribution >= 4 is 0 Å². The van der Waals surface area contributed by atoms with Crippen LogP contribution in [0.4, 0.5) is 0 Å². The number of rotatable bonds is 3. The molecule has 1 aliphatic rings. The molecule has 0 aliphatic heterocycles. The zero-order valence-electron chi connectivity index (χ0n) is 11.6. The average molecular weight is 273 g/mol. The minimum Gasteiger partial charge on any atom is -0.497 e. The van der Waals surface area contributed by atoms with E-state index in [0.29, 0.717) is 6.54 Å². The van der Waals surface area contributed by atoms with E-state index in [1.54, 1.807) is 11.7 Å². The molecule has 106 valence electrons. The summed E-state index contributed by atoms with van der Waals surface area (Å²) >= 11 is 0. The summed E-state index contributed by atoms with van der Waals surface area (Å²) in [5.74, 6) is 1.23. The summed E-state index contributed by atoms with van der Waals surface area (Å²) in [6, 6.07) is 7.65. The van der Waals surface area contributed by atoms with E-state index in [2.05, 4.69) is 0 Å². The van der Waals surface area contributed by atoms with Crippen LogP contribution in [0.25, 0.3) is 0 Å². The molecule has 0 saturated carbocycles. The lowest BCUT2D eigenvalue weighted by atomic mass is 9.95. The lowest BCUT2D eigenvalue weighted by molar-refractivity contribution is 0.374. The highest BCUT2D eigenvalue weighted by Crippen LogP contribution is 2.39. The Kier molecular flexibility index (Phi) is 3.30. The zero-order valence-corrected chi connectivity index (χ0v) is 11.6. The molecule has 0 atom stereocenters. The number of hydrogen-bond donors (Lipinski definition) is 2. The molecule has 20 heavy (non-hydrogen) atoms. The second-order valence-electron chi connectivity index (χ2n) is 5.25. The summed E-state index contributed by atoms with van der Waals surface area (Å²) in [7, 11) is 1.63. The van der Waals surface area contributed by atoms with Gasteiger partial charge in [-0.15, -0.1) is 0 Å². The molecule has 4 nitrogen and oxygen atoms in total. The van der Waals surface area contributed by atoms with Gasteiger partial charge in [-0.1, -0.05) is 12.1 Å². The summed E-state index contributed by atoms with van der Waals surface area (Å²) < 4.78 is 6.72. The second kappa shape index (κ2) is 5.12. The predicted octanol–water partition coefficient (Wildman–Crippen LogP) is 2.84. The van der Waals surface area contributed by atoms with Crippen LogP contribution in [0, 0.1) is 0 Å². The van der Waals surface area contributed by atoms with Gasteiger partial charge in [0.05, 0.1) is 13.7 Å². The highest BCUT2D eigenvalue weighted by atomic mass is 16.5. The lowest BCUT2D eigenvalue weighted by Crippen LogP contribution is -1.99. The quantitative estimate of drug-likeness (QED) is 0.904.